The molecule has 2 atom stereocenters. The fourth-order valence-electron chi connectivity index (χ4n) is 4.66. The van der Waals surface area contributed by atoms with Crippen molar-refractivity contribution in [1.29, 1.82) is 5.41 Å². The average molecular weight is 503 g/mol. The molecule has 2 unspecified atom stereocenters. The highest BCUT2D eigenvalue weighted by Crippen LogP contribution is 2.39. The smallest absolute Gasteiger partial charge is 0.378 e. The molecule has 6 rings (SSSR count). The lowest BCUT2D eigenvalue weighted by molar-refractivity contribution is -0.136. The summed E-state index contributed by atoms with van der Waals surface area (Å²) in [6.07, 6.45) is -3.42. The largest absolute Gasteiger partial charge is 0.418 e. The number of anilines is 1. The molecular weight excluding hydrogens is 481 g/mol. The number of para-hydroxylation sites is 1. The van der Waals surface area contributed by atoms with Gasteiger partial charge in [0.05, 0.1) is 42.9 Å². The minimum absolute atomic E-state index is 0.118. The molecule has 0 saturated carbocycles. The molecular formula is C22H21F3N8OS. The van der Waals surface area contributed by atoms with E-state index in [1.165, 1.54) is 17.4 Å². The van der Waals surface area contributed by atoms with Gasteiger partial charge in [-0.05, 0) is 23.6 Å². The van der Waals surface area contributed by atoms with E-state index in [-0.39, 0.29) is 17.9 Å². The van der Waals surface area contributed by atoms with Gasteiger partial charge in [-0.25, -0.2) is 15.0 Å². The molecule has 182 valence electrons. The third-order valence-electron chi connectivity index (χ3n) is 6.39. The summed E-state index contributed by atoms with van der Waals surface area (Å²) in [5.41, 5.74) is -0.758. The number of amidine groups is 2. The van der Waals surface area contributed by atoms with Gasteiger partial charge >= 0.3 is 6.18 Å². The topological polar surface area (TPSA) is 105 Å². The van der Waals surface area contributed by atoms with E-state index in [4.69, 9.17) is 20.1 Å². The first-order chi connectivity index (χ1) is 16.9. The highest BCUT2D eigenvalue weighted by atomic mass is 32.1. The van der Waals surface area contributed by atoms with Gasteiger partial charge in [-0.3, -0.25) is 15.6 Å². The number of alkyl halides is 3. The first-order valence-electron chi connectivity index (χ1n) is 11.0. The molecule has 3 aromatic rings. The Balaban J connectivity index is 1.28. The third kappa shape index (κ3) is 3.53. The number of aromatic amines is 1. The van der Waals surface area contributed by atoms with Crippen molar-refractivity contribution in [2.45, 2.75) is 24.4 Å². The first kappa shape index (κ1) is 22.2. The number of rotatable bonds is 4. The highest BCUT2D eigenvalue weighted by Gasteiger charge is 2.60. The number of aromatic nitrogens is 2. The van der Waals surface area contributed by atoms with Crippen LogP contribution >= 0.6 is 11.3 Å². The van der Waals surface area contributed by atoms with E-state index in [1.807, 2.05) is 16.8 Å². The van der Waals surface area contributed by atoms with Crippen LogP contribution in [0.5, 0.6) is 0 Å². The number of halogens is 3. The zero-order valence-corrected chi connectivity index (χ0v) is 19.2. The number of hydrogen-bond acceptors (Lipinski definition) is 8. The number of H-pyrrole nitrogens is 1. The van der Waals surface area contributed by atoms with Crippen LogP contribution in [-0.4, -0.2) is 70.9 Å². The number of benzene rings is 1. The van der Waals surface area contributed by atoms with Gasteiger partial charge in [0.25, 0.3) is 0 Å². The Morgan fingerprint density at radius 2 is 2.09 bits per heavy atom. The molecule has 5 heterocycles. The lowest BCUT2D eigenvalue weighted by Crippen LogP contribution is -2.71. The van der Waals surface area contributed by atoms with Crippen LogP contribution in [0.25, 0.3) is 11.0 Å². The van der Waals surface area contributed by atoms with Gasteiger partial charge < -0.3 is 14.6 Å². The van der Waals surface area contributed by atoms with Crippen LogP contribution in [0.15, 0.2) is 45.0 Å². The Labute approximate surface area is 201 Å². The maximum Gasteiger partial charge on any atom is 0.418 e. The van der Waals surface area contributed by atoms with E-state index in [1.54, 1.807) is 17.3 Å². The molecule has 35 heavy (non-hydrogen) atoms. The van der Waals surface area contributed by atoms with Gasteiger partial charge in [-0.15, -0.1) is 0 Å². The standard InChI is InChI=1S/C22H21F3N8OS/c23-22(24,25)14-2-1-3-15-17(14)30-16(29-15)10-27-19-21(20(31-19)32-5-7-34-8-6-32)18(26)33(12-28-21)13-4-9-35-11-13/h1-4,9,11-12,19,26-27H,5-8,10H2,(H,29,30). The van der Waals surface area contributed by atoms with E-state index in [0.717, 1.165) is 11.8 Å². The Morgan fingerprint density at radius 3 is 2.83 bits per heavy atom. The number of ether oxygens (including phenoxy) is 1. The van der Waals surface area contributed by atoms with Crippen LogP contribution in [0.1, 0.15) is 11.4 Å². The second-order valence-corrected chi connectivity index (χ2v) is 9.21. The van der Waals surface area contributed by atoms with Crippen molar-refractivity contribution in [3.63, 3.8) is 0 Å². The normalized spacial score (nSPS) is 24.5. The third-order valence-corrected chi connectivity index (χ3v) is 7.06. The second kappa shape index (κ2) is 8.14. The molecule has 1 spiro atoms. The van der Waals surface area contributed by atoms with Crippen LogP contribution in [0.4, 0.5) is 18.9 Å². The summed E-state index contributed by atoms with van der Waals surface area (Å²) in [6.45, 7) is 2.58. The zero-order chi connectivity index (χ0) is 24.2. The summed E-state index contributed by atoms with van der Waals surface area (Å²) in [5, 5.41) is 16.1. The Morgan fingerprint density at radius 1 is 1.26 bits per heavy atom. The predicted octanol–water partition coefficient (Wildman–Crippen LogP) is 3.07. The number of imidazole rings is 1. The van der Waals surface area contributed by atoms with Crippen LogP contribution in [0.2, 0.25) is 0 Å². The van der Waals surface area contributed by atoms with Gasteiger partial charge in [0.15, 0.2) is 0 Å². The molecule has 0 radical (unpaired) electrons. The van der Waals surface area contributed by atoms with E-state index in [2.05, 4.69) is 20.2 Å². The number of nitrogens with zero attached hydrogens (tertiary/aromatic N) is 5. The lowest BCUT2D eigenvalue weighted by atomic mass is 9.86. The maximum atomic E-state index is 13.4. The molecule has 3 N–H and O–H groups in total. The van der Waals surface area contributed by atoms with Crippen molar-refractivity contribution >= 4 is 46.1 Å². The molecule has 1 aromatic carbocycles. The number of morpholine rings is 1. The predicted molar refractivity (Wildman–Crippen MR) is 127 cm³/mol. The maximum absolute atomic E-state index is 13.4. The molecule has 1 saturated heterocycles. The molecule has 9 nitrogen and oxygen atoms in total. The Kier molecular flexibility index (Phi) is 5.16. The van der Waals surface area contributed by atoms with E-state index < -0.39 is 23.4 Å². The van der Waals surface area contributed by atoms with Gasteiger partial charge in [-0.2, -0.15) is 24.5 Å². The van der Waals surface area contributed by atoms with E-state index >= 15 is 0 Å². The summed E-state index contributed by atoms with van der Waals surface area (Å²) in [7, 11) is 0. The fourth-order valence-corrected chi connectivity index (χ4v) is 5.28. The lowest BCUT2D eigenvalue weighted by Gasteiger charge is -2.47. The summed E-state index contributed by atoms with van der Waals surface area (Å²) >= 11 is 1.53. The van der Waals surface area contributed by atoms with E-state index in [0.29, 0.717) is 43.5 Å². The monoisotopic (exact) mass is 502 g/mol. The summed E-state index contributed by atoms with van der Waals surface area (Å²) < 4.78 is 45.6. The summed E-state index contributed by atoms with van der Waals surface area (Å²) in [4.78, 5) is 20.5. The van der Waals surface area contributed by atoms with Gasteiger partial charge in [0.2, 0.25) is 5.54 Å². The minimum atomic E-state index is -4.49. The molecule has 3 aliphatic rings. The summed E-state index contributed by atoms with van der Waals surface area (Å²) in [6, 6.07) is 5.86. The molecule has 3 aliphatic heterocycles. The fraction of sp³-hybridized carbons (Fsp3) is 0.364. The first-order valence-corrected chi connectivity index (χ1v) is 12.0. The number of nitrogens with one attached hydrogen (secondary N) is 3. The molecule has 0 amide bonds. The number of aliphatic imine (C=N–C) groups is 2. The van der Waals surface area contributed by atoms with Crippen LogP contribution in [-0.2, 0) is 17.5 Å². The molecule has 2 aromatic heterocycles. The number of fused-ring (bicyclic) bond motifs is 1. The van der Waals surface area contributed by atoms with Gasteiger partial charge in [0, 0.05) is 18.5 Å². The average Bonchev–Trinajstić information content (AvgIpc) is 3.57. The number of thiophene rings is 1. The van der Waals surface area contributed by atoms with E-state index in [9.17, 15) is 13.2 Å². The van der Waals surface area contributed by atoms with Crippen molar-refractivity contribution in [3.8, 4) is 0 Å². The van der Waals surface area contributed by atoms with Crippen LogP contribution in [0, 0.1) is 5.41 Å². The highest BCUT2D eigenvalue weighted by molar-refractivity contribution is 7.08. The number of hydrogen-bond donors (Lipinski definition) is 3. The van der Waals surface area contributed by atoms with Crippen LogP contribution in [0.3, 0.4) is 0 Å². The zero-order valence-electron chi connectivity index (χ0n) is 18.3. The van der Waals surface area contributed by atoms with Gasteiger partial charge in [-0.1, -0.05) is 6.07 Å². The minimum Gasteiger partial charge on any atom is -0.378 e. The molecule has 0 bridgehead atoms. The quantitative estimate of drug-likeness (QED) is 0.509. The van der Waals surface area contributed by atoms with Crippen LogP contribution < -0.4 is 10.2 Å². The second-order valence-electron chi connectivity index (χ2n) is 8.43. The SMILES string of the molecule is N=C1N(c2ccsc2)C=NC12C(N1CCOCC1)=NC2NCc1nc2c(C(F)(F)F)cccc2[nH]1. The van der Waals surface area contributed by atoms with Crippen molar-refractivity contribution < 1.29 is 17.9 Å². The summed E-state index contributed by atoms with van der Waals surface area (Å²) in [5.74, 6) is 1.32. The Hall–Kier alpha value is -3.29. The van der Waals surface area contributed by atoms with Crippen molar-refractivity contribution in [1.82, 2.24) is 20.2 Å². The van der Waals surface area contributed by atoms with Crippen molar-refractivity contribution in [3.05, 3.63) is 46.4 Å². The van der Waals surface area contributed by atoms with Crippen molar-refractivity contribution in [2.24, 2.45) is 9.98 Å². The molecule has 0 aliphatic carbocycles. The molecule has 1 fully saturated rings. The van der Waals surface area contributed by atoms with Crippen molar-refractivity contribution in [2.75, 3.05) is 31.2 Å². The molecule has 13 heteroatoms. The Bertz CT molecular complexity index is 1330. The van der Waals surface area contributed by atoms with Gasteiger partial charge in [0.1, 0.15) is 29.2 Å².